The molecule has 1 N–H and O–H groups in total. The van der Waals surface area contributed by atoms with Gasteiger partial charge in [-0.05, 0) is 30.7 Å². The van der Waals surface area contributed by atoms with Gasteiger partial charge in [0.25, 0.3) is 0 Å². The Kier molecular flexibility index (Phi) is 4.29. The minimum absolute atomic E-state index is 0.654. The zero-order valence-corrected chi connectivity index (χ0v) is 10.2. The monoisotopic (exact) mass is 242 g/mol. The van der Waals surface area contributed by atoms with Crippen molar-refractivity contribution in [1.82, 2.24) is 10.3 Å². The second kappa shape index (κ2) is 5.73. The van der Waals surface area contributed by atoms with E-state index in [2.05, 4.69) is 10.3 Å². The third kappa shape index (κ3) is 3.67. The van der Waals surface area contributed by atoms with E-state index in [1.165, 1.54) is 24.3 Å². The van der Waals surface area contributed by atoms with Gasteiger partial charge < -0.3 is 5.32 Å². The largest absolute Gasteiger partial charge is 0.308 e. The third-order valence-corrected chi connectivity index (χ3v) is 3.96. The summed E-state index contributed by atoms with van der Waals surface area (Å²) in [6, 6.07) is 4.52. The molecule has 0 bridgehead atoms. The second-order valence-electron chi connectivity index (χ2n) is 3.76. The van der Waals surface area contributed by atoms with E-state index in [-0.39, 0.29) is 0 Å². The average molecular weight is 243 g/mol. The van der Waals surface area contributed by atoms with E-state index in [9.17, 15) is 0 Å². The predicted octanol–water partition coefficient (Wildman–Crippen LogP) is 2.72. The van der Waals surface area contributed by atoms with Crippen molar-refractivity contribution in [1.29, 1.82) is 0 Å². The minimum Gasteiger partial charge on any atom is -0.308 e. The first-order valence-corrected chi connectivity index (χ1v) is 6.79. The van der Waals surface area contributed by atoms with Gasteiger partial charge in [-0.2, -0.15) is 11.8 Å². The summed E-state index contributed by atoms with van der Waals surface area (Å²) in [7, 11) is 0. The van der Waals surface area contributed by atoms with Gasteiger partial charge in [0.1, 0.15) is 0 Å². The highest BCUT2D eigenvalue weighted by Crippen LogP contribution is 2.17. The van der Waals surface area contributed by atoms with Crippen molar-refractivity contribution in [3.8, 4) is 0 Å². The zero-order chi connectivity index (χ0) is 10.5. The molecule has 0 radical (unpaired) electrons. The molecule has 0 saturated carbocycles. The SMILES string of the molecule is Clc1ccc(CNC2CCCSC2)nc1. The molecule has 0 aliphatic carbocycles. The number of rotatable bonds is 3. The molecule has 2 rings (SSSR count). The van der Waals surface area contributed by atoms with Crippen LogP contribution >= 0.6 is 23.4 Å². The lowest BCUT2D eigenvalue weighted by atomic mass is 10.2. The summed E-state index contributed by atoms with van der Waals surface area (Å²) in [6.45, 7) is 0.850. The average Bonchev–Trinajstić information content (AvgIpc) is 2.30. The first kappa shape index (κ1) is 11.2. The van der Waals surface area contributed by atoms with Crippen molar-refractivity contribution >= 4 is 23.4 Å². The van der Waals surface area contributed by atoms with Gasteiger partial charge >= 0.3 is 0 Å². The molecule has 1 aliphatic rings. The quantitative estimate of drug-likeness (QED) is 0.882. The number of hydrogen-bond donors (Lipinski definition) is 1. The lowest BCUT2D eigenvalue weighted by molar-refractivity contribution is 0.504. The van der Waals surface area contributed by atoms with Gasteiger partial charge in [0.2, 0.25) is 0 Å². The number of thioether (sulfide) groups is 1. The van der Waals surface area contributed by atoms with Gasteiger partial charge in [-0.25, -0.2) is 0 Å². The first-order chi connectivity index (χ1) is 7.34. The fourth-order valence-corrected chi connectivity index (χ4v) is 2.88. The van der Waals surface area contributed by atoms with E-state index in [0.717, 1.165) is 12.2 Å². The van der Waals surface area contributed by atoms with E-state index < -0.39 is 0 Å². The molecular formula is C11H15ClN2S. The van der Waals surface area contributed by atoms with Crippen molar-refractivity contribution in [2.45, 2.75) is 25.4 Å². The number of nitrogens with zero attached hydrogens (tertiary/aromatic N) is 1. The van der Waals surface area contributed by atoms with Gasteiger partial charge in [-0.1, -0.05) is 11.6 Å². The highest BCUT2D eigenvalue weighted by Gasteiger charge is 2.12. The molecule has 2 nitrogen and oxygen atoms in total. The number of hydrogen-bond acceptors (Lipinski definition) is 3. The van der Waals surface area contributed by atoms with Crippen LogP contribution in [-0.2, 0) is 6.54 Å². The van der Waals surface area contributed by atoms with Gasteiger partial charge in [0.05, 0.1) is 10.7 Å². The first-order valence-electron chi connectivity index (χ1n) is 5.26. The normalized spacial score (nSPS) is 21.5. The van der Waals surface area contributed by atoms with E-state index >= 15 is 0 Å². The van der Waals surface area contributed by atoms with Gasteiger partial charge in [0, 0.05) is 24.5 Å². The highest BCUT2D eigenvalue weighted by atomic mass is 35.5. The molecule has 1 atom stereocenters. The molecule has 0 aromatic carbocycles. The van der Waals surface area contributed by atoms with Crippen molar-refractivity contribution in [3.63, 3.8) is 0 Å². The summed E-state index contributed by atoms with van der Waals surface area (Å²) < 4.78 is 0. The van der Waals surface area contributed by atoms with Gasteiger partial charge in [-0.15, -0.1) is 0 Å². The van der Waals surface area contributed by atoms with E-state index in [1.807, 2.05) is 23.9 Å². The van der Waals surface area contributed by atoms with Gasteiger partial charge in [-0.3, -0.25) is 4.98 Å². The molecule has 1 unspecified atom stereocenters. The Bertz CT molecular complexity index is 296. The summed E-state index contributed by atoms with van der Waals surface area (Å²) in [5, 5.41) is 4.23. The summed E-state index contributed by atoms with van der Waals surface area (Å²) in [6.07, 6.45) is 4.32. The molecule has 0 spiro atoms. The van der Waals surface area contributed by atoms with Crippen LogP contribution in [0.1, 0.15) is 18.5 Å². The summed E-state index contributed by atoms with van der Waals surface area (Å²) in [5.41, 5.74) is 1.06. The van der Waals surface area contributed by atoms with Crippen LogP contribution < -0.4 is 5.32 Å². The van der Waals surface area contributed by atoms with Crippen LogP contribution in [0.5, 0.6) is 0 Å². The van der Waals surface area contributed by atoms with Crippen molar-refractivity contribution < 1.29 is 0 Å². The smallest absolute Gasteiger partial charge is 0.0589 e. The standard InChI is InChI=1S/C11H15ClN2S/c12-9-3-4-10(13-6-9)7-14-11-2-1-5-15-8-11/h3-4,6,11,14H,1-2,5,7-8H2. The van der Waals surface area contributed by atoms with Crippen molar-refractivity contribution in [3.05, 3.63) is 29.0 Å². The Balaban J connectivity index is 1.79. The molecule has 1 aromatic rings. The van der Waals surface area contributed by atoms with Crippen molar-refractivity contribution in [2.75, 3.05) is 11.5 Å². The number of aromatic nitrogens is 1. The van der Waals surface area contributed by atoms with Crippen LogP contribution in [0.3, 0.4) is 0 Å². The topological polar surface area (TPSA) is 24.9 Å². The van der Waals surface area contributed by atoms with E-state index in [4.69, 9.17) is 11.6 Å². The molecule has 82 valence electrons. The molecule has 0 amide bonds. The number of nitrogens with one attached hydrogen (secondary N) is 1. The summed E-state index contributed by atoms with van der Waals surface area (Å²) in [4.78, 5) is 4.26. The summed E-state index contributed by atoms with van der Waals surface area (Å²) in [5.74, 6) is 2.55. The predicted molar refractivity (Wildman–Crippen MR) is 66.4 cm³/mol. The minimum atomic E-state index is 0.654. The maximum Gasteiger partial charge on any atom is 0.0589 e. The Morgan fingerprint density at radius 1 is 1.53 bits per heavy atom. The zero-order valence-electron chi connectivity index (χ0n) is 8.58. The molecule has 2 heterocycles. The molecule has 1 aromatic heterocycles. The number of pyridine rings is 1. The Hall–Kier alpha value is -0.250. The molecular weight excluding hydrogens is 228 g/mol. The van der Waals surface area contributed by atoms with E-state index in [0.29, 0.717) is 11.1 Å². The van der Waals surface area contributed by atoms with Crippen LogP contribution in [0.2, 0.25) is 5.02 Å². The maximum absolute atomic E-state index is 5.77. The van der Waals surface area contributed by atoms with E-state index in [1.54, 1.807) is 6.20 Å². The van der Waals surface area contributed by atoms with Crippen LogP contribution in [-0.4, -0.2) is 22.5 Å². The molecule has 15 heavy (non-hydrogen) atoms. The number of halogens is 1. The Morgan fingerprint density at radius 2 is 2.47 bits per heavy atom. The molecule has 1 aliphatic heterocycles. The molecule has 1 saturated heterocycles. The van der Waals surface area contributed by atoms with Crippen LogP contribution in [0, 0.1) is 0 Å². The Labute approximate surface area is 99.8 Å². The fourth-order valence-electron chi connectivity index (χ4n) is 1.66. The highest BCUT2D eigenvalue weighted by molar-refractivity contribution is 7.99. The van der Waals surface area contributed by atoms with Crippen LogP contribution in [0.25, 0.3) is 0 Å². The maximum atomic E-state index is 5.77. The van der Waals surface area contributed by atoms with Crippen LogP contribution in [0.4, 0.5) is 0 Å². The summed E-state index contributed by atoms with van der Waals surface area (Å²) >= 11 is 7.81. The lowest BCUT2D eigenvalue weighted by Gasteiger charge is -2.22. The Morgan fingerprint density at radius 3 is 3.13 bits per heavy atom. The molecule has 4 heteroatoms. The molecule has 1 fully saturated rings. The fraction of sp³-hybridized carbons (Fsp3) is 0.545. The van der Waals surface area contributed by atoms with Crippen LogP contribution in [0.15, 0.2) is 18.3 Å². The van der Waals surface area contributed by atoms with Gasteiger partial charge in [0.15, 0.2) is 0 Å². The third-order valence-electron chi connectivity index (χ3n) is 2.52. The lowest BCUT2D eigenvalue weighted by Crippen LogP contribution is -2.33. The van der Waals surface area contributed by atoms with Crippen molar-refractivity contribution in [2.24, 2.45) is 0 Å². The second-order valence-corrected chi connectivity index (χ2v) is 5.35.